The van der Waals surface area contributed by atoms with Crippen molar-refractivity contribution in [3.63, 3.8) is 0 Å². The third kappa shape index (κ3) is 2.91. The molecular weight excluding hydrogens is 236 g/mol. The van der Waals surface area contributed by atoms with Crippen molar-refractivity contribution in [3.8, 4) is 0 Å². The van der Waals surface area contributed by atoms with Gasteiger partial charge in [0.2, 0.25) is 0 Å². The van der Waals surface area contributed by atoms with Crippen molar-refractivity contribution in [2.75, 3.05) is 17.6 Å². The van der Waals surface area contributed by atoms with Crippen LogP contribution in [0, 0.1) is 0 Å². The maximum absolute atomic E-state index is 5.84. The first-order valence-electron chi connectivity index (χ1n) is 5.42. The summed E-state index contributed by atoms with van der Waals surface area (Å²) in [5.74, 6) is 1.05. The minimum Gasteiger partial charge on any atom is -0.397 e. The maximum Gasteiger partial charge on any atom is 0.110 e. The number of aryl methyl sites for hydroxylation is 1. The van der Waals surface area contributed by atoms with Gasteiger partial charge < -0.3 is 15.6 Å². The van der Waals surface area contributed by atoms with Crippen molar-refractivity contribution in [2.24, 2.45) is 7.05 Å². The quantitative estimate of drug-likeness (QED) is 0.819. The van der Waals surface area contributed by atoms with Crippen LogP contribution in [0.1, 0.15) is 5.82 Å². The highest BCUT2D eigenvalue weighted by Gasteiger charge is 2.01. The Hall–Kier alpha value is -1.68. The van der Waals surface area contributed by atoms with Crippen molar-refractivity contribution in [2.45, 2.75) is 6.42 Å². The van der Waals surface area contributed by atoms with Gasteiger partial charge in [0, 0.05) is 37.4 Å². The predicted molar refractivity (Wildman–Crippen MR) is 71.3 cm³/mol. The molecule has 0 fully saturated rings. The molecule has 90 valence electrons. The molecule has 0 unspecified atom stereocenters. The van der Waals surface area contributed by atoms with Crippen LogP contribution in [-0.4, -0.2) is 16.1 Å². The van der Waals surface area contributed by atoms with Crippen LogP contribution in [0.15, 0.2) is 30.6 Å². The van der Waals surface area contributed by atoms with Crippen molar-refractivity contribution < 1.29 is 0 Å². The Morgan fingerprint density at radius 1 is 1.47 bits per heavy atom. The van der Waals surface area contributed by atoms with E-state index < -0.39 is 0 Å². The van der Waals surface area contributed by atoms with E-state index in [0.717, 1.165) is 24.5 Å². The highest BCUT2D eigenvalue weighted by Crippen LogP contribution is 2.22. The van der Waals surface area contributed by atoms with Gasteiger partial charge in [-0.2, -0.15) is 0 Å². The molecule has 17 heavy (non-hydrogen) atoms. The zero-order valence-corrected chi connectivity index (χ0v) is 10.4. The summed E-state index contributed by atoms with van der Waals surface area (Å²) in [5.41, 5.74) is 7.41. The zero-order chi connectivity index (χ0) is 12.3. The lowest BCUT2D eigenvalue weighted by Gasteiger charge is -2.09. The molecule has 0 saturated carbocycles. The lowest BCUT2D eigenvalue weighted by Crippen LogP contribution is -2.09. The molecule has 3 N–H and O–H groups in total. The van der Waals surface area contributed by atoms with Crippen LogP contribution >= 0.6 is 11.6 Å². The van der Waals surface area contributed by atoms with E-state index in [-0.39, 0.29) is 0 Å². The Morgan fingerprint density at radius 2 is 2.29 bits per heavy atom. The summed E-state index contributed by atoms with van der Waals surface area (Å²) >= 11 is 5.83. The van der Waals surface area contributed by atoms with E-state index in [0.29, 0.717) is 10.7 Å². The molecule has 0 atom stereocenters. The van der Waals surface area contributed by atoms with E-state index in [1.165, 1.54) is 0 Å². The van der Waals surface area contributed by atoms with Gasteiger partial charge in [-0.05, 0) is 18.2 Å². The summed E-state index contributed by atoms with van der Waals surface area (Å²) in [6.07, 6.45) is 4.59. The summed E-state index contributed by atoms with van der Waals surface area (Å²) in [4.78, 5) is 4.25. The molecule has 0 bridgehead atoms. The number of aromatic nitrogens is 2. The second kappa shape index (κ2) is 5.10. The van der Waals surface area contributed by atoms with Crippen molar-refractivity contribution >= 4 is 23.0 Å². The molecule has 0 aliphatic heterocycles. The molecule has 0 aliphatic rings. The molecule has 1 aromatic heterocycles. The highest BCUT2D eigenvalue weighted by molar-refractivity contribution is 6.31. The van der Waals surface area contributed by atoms with Gasteiger partial charge in [0.1, 0.15) is 5.82 Å². The summed E-state index contributed by atoms with van der Waals surface area (Å²) in [6, 6.07) is 5.45. The summed E-state index contributed by atoms with van der Waals surface area (Å²) in [5, 5.41) is 3.92. The molecular formula is C12H15ClN4. The van der Waals surface area contributed by atoms with E-state index in [4.69, 9.17) is 17.3 Å². The average Bonchev–Trinajstić information content (AvgIpc) is 2.68. The van der Waals surface area contributed by atoms with Crippen LogP contribution in [0.4, 0.5) is 11.4 Å². The SMILES string of the molecule is Cn1ccnc1CCNc1ccc(Cl)cc1N. The molecule has 0 saturated heterocycles. The monoisotopic (exact) mass is 250 g/mol. The Morgan fingerprint density at radius 3 is 2.94 bits per heavy atom. The standard InChI is InChI=1S/C12H15ClN4/c1-17-7-6-16-12(17)4-5-15-11-3-2-9(13)8-10(11)14/h2-3,6-8,15H,4-5,14H2,1H3. The number of nitrogens with two attached hydrogens (primary N) is 1. The van der Waals surface area contributed by atoms with Crippen LogP contribution in [0.3, 0.4) is 0 Å². The topological polar surface area (TPSA) is 55.9 Å². The number of rotatable bonds is 4. The third-order valence-electron chi connectivity index (χ3n) is 2.60. The largest absolute Gasteiger partial charge is 0.397 e. The van der Waals surface area contributed by atoms with Gasteiger partial charge in [0.25, 0.3) is 0 Å². The molecule has 2 rings (SSSR count). The summed E-state index contributed by atoms with van der Waals surface area (Å²) < 4.78 is 2.01. The number of hydrogen-bond donors (Lipinski definition) is 2. The van der Waals surface area contributed by atoms with Gasteiger partial charge >= 0.3 is 0 Å². The maximum atomic E-state index is 5.84. The number of benzene rings is 1. The van der Waals surface area contributed by atoms with Crippen LogP contribution in [0.25, 0.3) is 0 Å². The molecule has 0 spiro atoms. The second-order valence-corrected chi connectivity index (χ2v) is 4.30. The molecule has 0 radical (unpaired) electrons. The molecule has 2 aromatic rings. The van der Waals surface area contributed by atoms with E-state index in [9.17, 15) is 0 Å². The van der Waals surface area contributed by atoms with Crippen molar-refractivity contribution in [3.05, 3.63) is 41.4 Å². The number of anilines is 2. The number of nitrogens with one attached hydrogen (secondary N) is 1. The van der Waals surface area contributed by atoms with Gasteiger partial charge in [-0.25, -0.2) is 4.98 Å². The Labute approximate surface area is 105 Å². The highest BCUT2D eigenvalue weighted by atomic mass is 35.5. The number of hydrogen-bond acceptors (Lipinski definition) is 3. The van der Waals surface area contributed by atoms with Gasteiger partial charge in [-0.3, -0.25) is 0 Å². The van der Waals surface area contributed by atoms with E-state index in [1.54, 1.807) is 12.3 Å². The molecule has 1 aromatic carbocycles. The fourth-order valence-corrected chi connectivity index (χ4v) is 1.82. The van der Waals surface area contributed by atoms with Crippen LogP contribution < -0.4 is 11.1 Å². The fourth-order valence-electron chi connectivity index (χ4n) is 1.64. The Balaban J connectivity index is 1.92. The first kappa shape index (κ1) is 11.8. The smallest absolute Gasteiger partial charge is 0.110 e. The fraction of sp³-hybridized carbons (Fsp3) is 0.250. The minimum atomic E-state index is 0.650. The average molecular weight is 251 g/mol. The lowest BCUT2D eigenvalue weighted by molar-refractivity contribution is 0.790. The van der Waals surface area contributed by atoms with Gasteiger partial charge in [0.15, 0.2) is 0 Å². The summed E-state index contributed by atoms with van der Waals surface area (Å²) in [7, 11) is 1.99. The third-order valence-corrected chi connectivity index (χ3v) is 2.83. The van der Waals surface area contributed by atoms with E-state index >= 15 is 0 Å². The molecule has 0 amide bonds. The van der Waals surface area contributed by atoms with E-state index in [2.05, 4.69) is 10.3 Å². The molecule has 4 nitrogen and oxygen atoms in total. The predicted octanol–water partition coefficient (Wildman–Crippen LogP) is 2.31. The van der Waals surface area contributed by atoms with Gasteiger partial charge in [-0.1, -0.05) is 11.6 Å². The van der Waals surface area contributed by atoms with Crippen LogP contribution in [0.2, 0.25) is 5.02 Å². The second-order valence-electron chi connectivity index (χ2n) is 3.86. The minimum absolute atomic E-state index is 0.650. The first-order chi connectivity index (χ1) is 8.16. The molecule has 5 heteroatoms. The van der Waals surface area contributed by atoms with Gasteiger partial charge in [-0.15, -0.1) is 0 Å². The van der Waals surface area contributed by atoms with Gasteiger partial charge in [0.05, 0.1) is 11.4 Å². The number of nitrogen functional groups attached to an aromatic ring is 1. The number of halogens is 1. The van der Waals surface area contributed by atoms with E-state index in [1.807, 2.05) is 29.9 Å². The van der Waals surface area contributed by atoms with Crippen molar-refractivity contribution in [1.29, 1.82) is 0 Å². The van der Waals surface area contributed by atoms with Crippen molar-refractivity contribution in [1.82, 2.24) is 9.55 Å². The molecule has 1 heterocycles. The zero-order valence-electron chi connectivity index (χ0n) is 9.65. The first-order valence-corrected chi connectivity index (χ1v) is 5.79. The van der Waals surface area contributed by atoms with Crippen LogP contribution in [0.5, 0.6) is 0 Å². The Kier molecular flexibility index (Phi) is 3.54. The van der Waals surface area contributed by atoms with Crippen LogP contribution in [-0.2, 0) is 13.5 Å². The molecule has 0 aliphatic carbocycles. The Bertz CT molecular complexity index is 507. The number of nitrogens with zero attached hydrogens (tertiary/aromatic N) is 2. The normalized spacial score (nSPS) is 10.5. The summed E-state index contributed by atoms with van der Waals surface area (Å²) in [6.45, 7) is 0.788. The lowest BCUT2D eigenvalue weighted by atomic mass is 10.2. The number of imidazole rings is 1.